The molecule has 10 rings (SSSR count). The van der Waals surface area contributed by atoms with Crippen LogP contribution in [0.15, 0.2) is 152 Å². The summed E-state index contributed by atoms with van der Waals surface area (Å²) in [6.45, 7) is 4.65. The van der Waals surface area contributed by atoms with Crippen molar-refractivity contribution in [3.05, 3.63) is 163 Å². The van der Waals surface area contributed by atoms with Gasteiger partial charge in [-0.25, -0.2) is 15.0 Å². The van der Waals surface area contributed by atoms with Crippen LogP contribution in [0.4, 0.5) is 0 Å². The van der Waals surface area contributed by atoms with Crippen molar-refractivity contribution in [1.29, 1.82) is 0 Å². The van der Waals surface area contributed by atoms with Gasteiger partial charge in [-0.2, -0.15) is 0 Å². The van der Waals surface area contributed by atoms with Crippen LogP contribution in [0.3, 0.4) is 0 Å². The van der Waals surface area contributed by atoms with E-state index in [-0.39, 0.29) is 5.41 Å². The summed E-state index contributed by atoms with van der Waals surface area (Å²) in [4.78, 5) is 15.5. The zero-order chi connectivity index (χ0) is 32.7. The van der Waals surface area contributed by atoms with Crippen molar-refractivity contribution in [2.45, 2.75) is 19.3 Å². The summed E-state index contributed by atoms with van der Waals surface area (Å²) in [5.74, 6) is 1.99. The molecule has 3 nitrogen and oxygen atoms in total. The number of benzene rings is 8. The zero-order valence-electron chi connectivity index (χ0n) is 27.3. The zero-order valence-corrected chi connectivity index (χ0v) is 27.3. The average molecular weight is 626 g/mol. The van der Waals surface area contributed by atoms with E-state index in [1.807, 2.05) is 18.2 Å². The molecule has 0 N–H and O–H groups in total. The largest absolute Gasteiger partial charge is 0.208 e. The molecular formula is C46H31N3. The summed E-state index contributed by atoms with van der Waals surface area (Å²) in [6.07, 6.45) is 0. The first-order chi connectivity index (χ1) is 24.1. The first-order valence-corrected chi connectivity index (χ1v) is 16.9. The van der Waals surface area contributed by atoms with Crippen LogP contribution < -0.4 is 0 Å². The maximum Gasteiger partial charge on any atom is 0.164 e. The molecule has 230 valence electrons. The molecule has 0 aliphatic heterocycles. The van der Waals surface area contributed by atoms with Gasteiger partial charge in [-0.05, 0) is 71.4 Å². The van der Waals surface area contributed by atoms with E-state index in [2.05, 4.69) is 147 Å². The molecule has 0 saturated heterocycles. The van der Waals surface area contributed by atoms with Crippen LogP contribution in [0, 0.1) is 0 Å². The molecule has 0 fully saturated rings. The van der Waals surface area contributed by atoms with Gasteiger partial charge in [0.15, 0.2) is 17.5 Å². The second-order valence-corrected chi connectivity index (χ2v) is 13.6. The summed E-state index contributed by atoms with van der Waals surface area (Å²) in [6, 6.07) is 54.1. The van der Waals surface area contributed by atoms with E-state index in [0.29, 0.717) is 17.5 Å². The Balaban J connectivity index is 1.23. The van der Waals surface area contributed by atoms with E-state index in [4.69, 9.17) is 15.0 Å². The molecule has 49 heavy (non-hydrogen) atoms. The summed E-state index contributed by atoms with van der Waals surface area (Å²) in [5, 5.41) is 9.76. The molecule has 0 amide bonds. The Morgan fingerprint density at radius 1 is 0.347 bits per heavy atom. The fourth-order valence-corrected chi connectivity index (χ4v) is 8.14. The van der Waals surface area contributed by atoms with Gasteiger partial charge < -0.3 is 0 Å². The Bertz CT molecular complexity index is 2760. The first kappa shape index (κ1) is 27.9. The van der Waals surface area contributed by atoms with Crippen LogP contribution in [-0.2, 0) is 5.41 Å². The van der Waals surface area contributed by atoms with Crippen molar-refractivity contribution >= 4 is 43.1 Å². The Hall–Kier alpha value is -6.19. The van der Waals surface area contributed by atoms with E-state index >= 15 is 0 Å². The van der Waals surface area contributed by atoms with E-state index in [1.165, 1.54) is 60.0 Å². The highest BCUT2D eigenvalue weighted by Gasteiger charge is 2.36. The van der Waals surface area contributed by atoms with Crippen LogP contribution in [0.1, 0.15) is 25.0 Å². The van der Waals surface area contributed by atoms with Gasteiger partial charge in [0.1, 0.15) is 0 Å². The minimum atomic E-state index is -0.0669. The molecule has 1 heterocycles. The smallest absolute Gasteiger partial charge is 0.164 e. The van der Waals surface area contributed by atoms with Crippen molar-refractivity contribution in [3.8, 4) is 45.3 Å². The standard InChI is InChI=1S/C46H31N3/c1-46(2)40-22-11-10-19-38(40)42-36-20-12-21-37(35(36)25-26-41(42)46)45-48-43(28-13-4-3-5-14-28)47-44(49-45)29-23-24-34-32-17-7-6-15-30(32)31-16-8-9-18-33(31)39(34)27-29/h3-27H,1-2H3. The van der Waals surface area contributed by atoms with Gasteiger partial charge in [-0.3, -0.25) is 0 Å². The third kappa shape index (κ3) is 4.12. The third-order valence-corrected chi connectivity index (χ3v) is 10.5. The quantitative estimate of drug-likeness (QED) is 0.183. The fraction of sp³-hybridized carbons (Fsp3) is 0.0652. The second-order valence-electron chi connectivity index (χ2n) is 13.6. The van der Waals surface area contributed by atoms with E-state index < -0.39 is 0 Å². The lowest BCUT2D eigenvalue weighted by atomic mass is 9.82. The number of fused-ring (bicyclic) bond motifs is 11. The van der Waals surface area contributed by atoms with Crippen LogP contribution in [0.5, 0.6) is 0 Å². The van der Waals surface area contributed by atoms with Crippen molar-refractivity contribution in [2.75, 3.05) is 0 Å². The van der Waals surface area contributed by atoms with Gasteiger partial charge in [0.05, 0.1) is 0 Å². The predicted molar refractivity (Wildman–Crippen MR) is 204 cm³/mol. The molecule has 0 radical (unpaired) electrons. The third-order valence-electron chi connectivity index (χ3n) is 10.5. The number of rotatable bonds is 3. The van der Waals surface area contributed by atoms with Crippen LogP contribution in [0.25, 0.3) is 88.4 Å². The normalized spacial score (nSPS) is 13.3. The Kier molecular flexibility index (Phi) is 5.92. The average Bonchev–Trinajstić information content (AvgIpc) is 3.41. The molecule has 1 aromatic heterocycles. The van der Waals surface area contributed by atoms with E-state index in [9.17, 15) is 0 Å². The van der Waals surface area contributed by atoms with Gasteiger partial charge in [0.2, 0.25) is 0 Å². The maximum atomic E-state index is 5.24. The lowest BCUT2D eigenvalue weighted by molar-refractivity contribution is 0.661. The Morgan fingerprint density at radius 3 is 1.61 bits per heavy atom. The fourth-order valence-electron chi connectivity index (χ4n) is 8.14. The van der Waals surface area contributed by atoms with Crippen LogP contribution >= 0.6 is 0 Å². The van der Waals surface area contributed by atoms with E-state index in [0.717, 1.165) is 22.1 Å². The van der Waals surface area contributed by atoms with Gasteiger partial charge in [0, 0.05) is 22.1 Å². The Labute approximate surface area is 284 Å². The van der Waals surface area contributed by atoms with Gasteiger partial charge in [0.25, 0.3) is 0 Å². The highest BCUT2D eigenvalue weighted by Crippen LogP contribution is 2.52. The van der Waals surface area contributed by atoms with Crippen molar-refractivity contribution in [1.82, 2.24) is 15.0 Å². The molecule has 9 aromatic rings. The summed E-state index contributed by atoms with van der Waals surface area (Å²) < 4.78 is 0. The highest BCUT2D eigenvalue weighted by molar-refractivity contribution is 6.25. The summed E-state index contributed by atoms with van der Waals surface area (Å²) in [7, 11) is 0. The van der Waals surface area contributed by atoms with Crippen molar-refractivity contribution < 1.29 is 0 Å². The SMILES string of the molecule is CC1(C)c2ccccc2-c2c1ccc1c(-c3nc(-c4ccccc4)nc(-c4ccc5c6ccccc6c6ccccc6c5c4)n3)cccc21. The molecule has 1 aliphatic carbocycles. The predicted octanol–water partition coefficient (Wildman–Crippen LogP) is 11.8. The summed E-state index contributed by atoms with van der Waals surface area (Å²) >= 11 is 0. The Morgan fingerprint density at radius 2 is 0.878 bits per heavy atom. The van der Waals surface area contributed by atoms with Gasteiger partial charge >= 0.3 is 0 Å². The van der Waals surface area contributed by atoms with Gasteiger partial charge in [-0.15, -0.1) is 0 Å². The van der Waals surface area contributed by atoms with Gasteiger partial charge in [-0.1, -0.05) is 159 Å². The number of hydrogen-bond acceptors (Lipinski definition) is 3. The molecule has 0 atom stereocenters. The van der Waals surface area contributed by atoms with Crippen molar-refractivity contribution in [2.24, 2.45) is 0 Å². The second kappa shape index (κ2) is 10.4. The molecule has 0 unspecified atom stereocenters. The minimum absolute atomic E-state index is 0.0669. The monoisotopic (exact) mass is 625 g/mol. The highest BCUT2D eigenvalue weighted by atomic mass is 15.0. The maximum absolute atomic E-state index is 5.24. The van der Waals surface area contributed by atoms with Crippen LogP contribution in [0.2, 0.25) is 0 Å². The lowest BCUT2D eigenvalue weighted by Crippen LogP contribution is -2.14. The van der Waals surface area contributed by atoms with E-state index in [1.54, 1.807) is 0 Å². The van der Waals surface area contributed by atoms with Crippen LogP contribution in [-0.4, -0.2) is 15.0 Å². The first-order valence-electron chi connectivity index (χ1n) is 16.9. The number of hydrogen-bond donors (Lipinski definition) is 0. The topological polar surface area (TPSA) is 38.7 Å². The molecule has 3 heteroatoms. The molecular weight excluding hydrogens is 595 g/mol. The molecule has 8 aromatic carbocycles. The number of aromatic nitrogens is 3. The molecule has 0 saturated carbocycles. The lowest BCUT2D eigenvalue weighted by Gasteiger charge is -2.21. The molecule has 0 spiro atoms. The number of nitrogens with zero attached hydrogens (tertiary/aromatic N) is 3. The summed E-state index contributed by atoms with van der Waals surface area (Å²) in [5.41, 5.74) is 8.20. The molecule has 1 aliphatic rings. The molecule has 0 bridgehead atoms. The minimum Gasteiger partial charge on any atom is -0.208 e. The van der Waals surface area contributed by atoms with Crippen molar-refractivity contribution in [3.63, 3.8) is 0 Å².